The highest BCUT2D eigenvalue weighted by molar-refractivity contribution is 6.31. The number of benzene rings is 2. The number of anilines is 2. The molecule has 2 aliphatic rings. The molecule has 3 aromatic rings. The maximum Gasteiger partial charge on any atom is 0.223 e. The van der Waals surface area contributed by atoms with Crippen molar-refractivity contribution >= 4 is 39.9 Å². The van der Waals surface area contributed by atoms with Gasteiger partial charge >= 0.3 is 0 Å². The third kappa shape index (κ3) is 6.25. The number of halogens is 2. The largest absolute Gasteiger partial charge is 0.493 e. The third-order valence-corrected chi connectivity index (χ3v) is 7.23. The Morgan fingerprint density at radius 1 is 1.13 bits per heavy atom. The van der Waals surface area contributed by atoms with E-state index in [0.29, 0.717) is 48.0 Å². The van der Waals surface area contributed by atoms with Gasteiger partial charge in [0.1, 0.15) is 24.1 Å². The quantitative estimate of drug-likeness (QED) is 0.451. The number of aromatic nitrogens is 2. The number of morpholine rings is 1. The smallest absolute Gasteiger partial charge is 0.223 e. The predicted octanol–water partition coefficient (Wildman–Crippen LogP) is 4.27. The number of rotatable bonds is 8. The summed E-state index contributed by atoms with van der Waals surface area (Å²) in [4.78, 5) is 25.7. The highest BCUT2D eigenvalue weighted by Crippen LogP contribution is 2.36. The van der Waals surface area contributed by atoms with Crippen LogP contribution < -0.4 is 14.8 Å². The van der Waals surface area contributed by atoms with Crippen LogP contribution in [0.5, 0.6) is 11.5 Å². The predicted molar refractivity (Wildman–Crippen MR) is 143 cm³/mol. The lowest BCUT2D eigenvalue weighted by atomic mass is 10.1. The molecule has 0 radical (unpaired) electrons. The van der Waals surface area contributed by atoms with Crippen molar-refractivity contribution in [2.24, 2.45) is 0 Å². The van der Waals surface area contributed by atoms with Crippen LogP contribution in [0.15, 0.2) is 36.7 Å². The molecule has 0 spiro atoms. The van der Waals surface area contributed by atoms with Crippen LogP contribution in [-0.4, -0.2) is 84.8 Å². The van der Waals surface area contributed by atoms with E-state index in [0.717, 1.165) is 51.1 Å². The summed E-state index contributed by atoms with van der Waals surface area (Å²) in [7, 11) is 1.59. The molecule has 3 heterocycles. The maximum absolute atomic E-state index is 13.6. The number of amides is 1. The second kappa shape index (κ2) is 12.1. The summed E-state index contributed by atoms with van der Waals surface area (Å²) in [6.07, 6.45) is 3.38. The molecule has 38 heavy (non-hydrogen) atoms. The Bertz CT molecular complexity index is 1280. The number of nitrogens with zero attached hydrogens (tertiary/aromatic N) is 4. The fourth-order valence-electron chi connectivity index (χ4n) is 4.77. The highest BCUT2D eigenvalue weighted by atomic mass is 35.5. The molecule has 0 atom stereocenters. The van der Waals surface area contributed by atoms with E-state index in [1.54, 1.807) is 19.2 Å². The molecule has 2 aromatic carbocycles. The van der Waals surface area contributed by atoms with E-state index in [-0.39, 0.29) is 17.0 Å². The normalized spacial score (nSPS) is 17.0. The van der Waals surface area contributed by atoms with Crippen LogP contribution in [-0.2, 0) is 9.53 Å². The molecule has 2 aliphatic heterocycles. The van der Waals surface area contributed by atoms with E-state index in [1.807, 2.05) is 11.0 Å². The van der Waals surface area contributed by atoms with Gasteiger partial charge in [0.15, 0.2) is 11.5 Å². The van der Waals surface area contributed by atoms with Gasteiger partial charge in [-0.2, -0.15) is 0 Å². The molecule has 5 rings (SSSR count). The minimum absolute atomic E-state index is 0.0185. The molecule has 0 aliphatic carbocycles. The fraction of sp³-hybridized carbons (Fsp3) is 0.444. The summed E-state index contributed by atoms with van der Waals surface area (Å²) in [5.74, 6) is 1.37. The molecule has 202 valence electrons. The minimum Gasteiger partial charge on any atom is -0.493 e. The number of nitrogens with one attached hydrogen (secondary N) is 1. The van der Waals surface area contributed by atoms with Gasteiger partial charge in [-0.25, -0.2) is 14.4 Å². The van der Waals surface area contributed by atoms with Crippen LogP contribution in [0.4, 0.5) is 15.9 Å². The lowest BCUT2D eigenvalue weighted by Crippen LogP contribution is -2.44. The van der Waals surface area contributed by atoms with Gasteiger partial charge in [-0.15, -0.1) is 0 Å². The molecule has 0 unspecified atom stereocenters. The Morgan fingerprint density at radius 2 is 1.92 bits per heavy atom. The standard InChI is InChI=1S/C27H31ClFN5O4/c1-36-24-16-23-20(27(31-17-30-23)32-18-2-3-22(29)21(28)14-18)15-25(24)38-19-4-8-34(9-5-19)26(35)6-7-33-10-12-37-13-11-33/h2-3,14-17,19H,4-13H2,1H3,(H,30,31,32). The summed E-state index contributed by atoms with van der Waals surface area (Å²) in [5.41, 5.74) is 1.26. The lowest BCUT2D eigenvalue weighted by Gasteiger charge is -2.33. The Morgan fingerprint density at radius 3 is 2.66 bits per heavy atom. The monoisotopic (exact) mass is 543 g/mol. The van der Waals surface area contributed by atoms with Crippen molar-refractivity contribution in [1.29, 1.82) is 0 Å². The molecule has 1 amide bonds. The number of hydrogen-bond donors (Lipinski definition) is 1. The Kier molecular flexibility index (Phi) is 8.41. The van der Waals surface area contributed by atoms with Crippen LogP contribution in [0, 0.1) is 5.82 Å². The summed E-state index contributed by atoms with van der Waals surface area (Å²) < 4.78 is 30.9. The number of ether oxygens (including phenoxy) is 3. The fourth-order valence-corrected chi connectivity index (χ4v) is 4.95. The topological polar surface area (TPSA) is 89.1 Å². The van der Waals surface area contributed by atoms with Gasteiger partial charge in [-0.1, -0.05) is 11.6 Å². The van der Waals surface area contributed by atoms with E-state index >= 15 is 0 Å². The van der Waals surface area contributed by atoms with Crippen molar-refractivity contribution in [3.05, 3.63) is 47.5 Å². The summed E-state index contributed by atoms with van der Waals surface area (Å²) >= 11 is 5.94. The zero-order valence-corrected chi connectivity index (χ0v) is 22.0. The van der Waals surface area contributed by atoms with E-state index in [2.05, 4.69) is 20.2 Å². The summed E-state index contributed by atoms with van der Waals surface area (Å²) in [6.45, 7) is 5.33. The van der Waals surface area contributed by atoms with E-state index < -0.39 is 5.82 Å². The molecular weight excluding hydrogens is 513 g/mol. The first kappa shape index (κ1) is 26.4. The van der Waals surface area contributed by atoms with Crippen LogP contribution >= 0.6 is 11.6 Å². The number of fused-ring (bicyclic) bond motifs is 1. The zero-order chi connectivity index (χ0) is 26.5. The van der Waals surface area contributed by atoms with Crippen LogP contribution in [0.25, 0.3) is 10.9 Å². The van der Waals surface area contributed by atoms with Gasteiger partial charge in [-0.3, -0.25) is 9.69 Å². The average molecular weight is 544 g/mol. The Hall–Kier alpha value is -3.21. The van der Waals surface area contributed by atoms with E-state index in [4.69, 9.17) is 25.8 Å². The number of methoxy groups -OCH3 is 1. The van der Waals surface area contributed by atoms with Crippen LogP contribution in [0.2, 0.25) is 5.02 Å². The van der Waals surface area contributed by atoms with Gasteiger partial charge < -0.3 is 24.4 Å². The molecule has 1 aromatic heterocycles. The van der Waals surface area contributed by atoms with Crippen molar-refractivity contribution in [1.82, 2.24) is 19.8 Å². The molecule has 0 saturated carbocycles. The molecule has 0 bridgehead atoms. The summed E-state index contributed by atoms with van der Waals surface area (Å²) in [6, 6.07) is 8.04. The highest BCUT2D eigenvalue weighted by Gasteiger charge is 2.25. The van der Waals surface area contributed by atoms with Gasteiger partial charge in [-0.05, 0) is 24.3 Å². The van der Waals surface area contributed by atoms with Crippen LogP contribution in [0.3, 0.4) is 0 Å². The van der Waals surface area contributed by atoms with Gasteiger partial charge in [0.2, 0.25) is 5.91 Å². The van der Waals surface area contributed by atoms with Crippen LogP contribution in [0.1, 0.15) is 19.3 Å². The number of carbonyl (C=O) groups excluding carboxylic acids is 1. The van der Waals surface area contributed by atoms with Crippen molar-refractivity contribution in [2.75, 3.05) is 58.4 Å². The van der Waals surface area contributed by atoms with Gasteiger partial charge in [0, 0.05) is 69.1 Å². The van der Waals surface area contributed by atoms with Crippen molar-refractivity contribution < 1.29 is 23.4 Å². The molecular formula is C27H31ClFN5O4. The van der Waals surface area contributed by atoms with Crippen molar-refractivity contribution in [3.8, 4) is 11.5 Å². The molecule has 2 saturated heterocycles. The Balaban J connectivity index is 1.24. The minimum atomic E-state index is -0.491. The lowest BCUT2D eigenvalue weighted by molar-refractivity contribution is -0.133. The second-order valence-corrected chi connectivity index (χ2v) is 9.81. The molecule has 9 nitrogen and oxygen atoms in total. The number of hydrogen-bond acceptors (Lipinski definition) is 8. The molecule has 11 heteroatoms. The average Bonchev–Trinajstić information content (AvgIpc) is 2.94. The maximum atomic E-state index is 13.6. The number of carbonyl (C=O) groups is 1. The zero-order valence-electron chi connectivity index (χ0n) is 21.3. The first-order valence-electron chi connectivity index (χ1n) is 12.8. The van der Waals surface area contributed by atoms with Crippen molar-refractivity contribution in [2.45, 2.75) is 25.4 Å². The number of piperidine rings is 1. The first-order valence-corrected chi connectivity index (χ1v) is 13.2. The third-order valence-electron chi connectivity index (χ3n) is 6.94. The van der Waals surface area contributed by atoms with E-state index in [1.165, 1.54) is 18.5 Å². The Labute approximate surface area is 225 Å². The molecule has 1 N–H and O–H groups in total. The van der Waals surface area contributed by atoms with Crippen molar-refractivity contribution in [3.63, 3.8) is 0 Å². The van der Waals surface area contributed by atoms with E-state index in [9.17, 15) is 9.18 Å². The summed E-state index contributed by atoms with van der Waals surface area (Å²) in [5, 5.41) is 3.92. The number of likely N-dealkylation sites (tertiary alicyclic amines) is 1. The molecule has 2 fully saturated rings. The second-order valence-electron chi connectivity index (χ2n) is 9.40. The van der Waals surface area contributed by atoms with Gasteiger partial charge in [0.25, 0.3) is 0 Å². The first-order chi connectivity index (χ1) is 18.5. The van der Waals surface area contributed by atoms with Gasteiger partial charge in [0.05, 0.1) is 30.9 Å². The SMILES string of the molecule is COc1cc2ncnc(Nc3ccc(F)c(Cl)c3)c2cc1OC1CCN(C(=O)CCN2CCOCC2)CC1.